The number of hydrogen-bond donors (Lipinski definition) is 2. The van der Waals surface area contributed by atoms with E-state index in [1.54, 1.807) is 18.2 Å². The highest BCUT2D eigenvalue weighted by Crippen LogP contribution is 2.24. The van der Waals surface area contributed by atoms with Gasteiger partial charge < -0.3 is 15.4 Å². The van der Waals surface area contributed by atoms with Gasteiger partial charge in [0.25, 0.3) is 5.91 Å². The Morgan fingerprint density at radius 3 is 2.67 bits per heavy atom. The molecule has 0 bridgehead atoms. The lowest BCUT2D eigenvalue weighted by Gasteiger charge is -2.10. The number of carbonyl (C=O) groups is 1. The molecule has 1 atom stereocenters. The Hall–Kier alpha value is -0.680. The van der Waals surface area contributed by atoms with Gasteiger partial charge in [-0.05, 0) is 50.0 Å². The van der Waals surface area contributed by atoms with Gasteiger partial charge in [0.1, 0.15) is 5.75 Å². The van der Waals surface area contributed by atoms with Gasteiger partial charge in [-0.2, -0.15) is 0 Å². The van der Waals surface area contributed by atoms with Gasteiger partial charge in [-0.3, -0.25) is 4.79 Å². The number of amides is 1. The van der Waals surface area contributed by atoms with Gasteiger partial charge >= 0.3 is 0 Å². The number of halogens is 3. The first kappa shape index (κ1) is 18.4. The molecule has 1 amide bonds. The molecule has 0 spiro atoms. The lowest BCUT2D eigenvalue weighted by Crippen LogP contribution is -2.30. The van der Waals surface area contributed by atoms with E-state index in [9.17, 15) is 4.79 Å². The van der Waals surface area contributed by atoms with Crippen molar-refractivity contribution in [3.8, 4) is 5.75 Å². The lowest BCUT2D eigenvalue weighted by molar-refractivity contribution is -0.123. The van der Waals surface area contributed by atoms with Crippen LogP contribution in [0.4, 0.5) is 0 Å². The van der Waals surface area contributed by atoms with Gasteiger partial charge in [0.05, 0.1) is 0 Å². The van der Waals surface area contributed by atoms with Gasteiger partial charge in [-0.15, -0.1) is 12.4 Å². The summed E-state index contributed by atoms with van der Waals surface area (Å²) in [5.74, 6) is 1.03. The first-order chi connectivity index (χ1) is 9.63. The van der Waals surface area contributed by atoms with E-state index >= 15 is 0 Å². The second-order valence-electron chi connectivity index (χ2n) is 4.89. The molecule has 118 valence electrons. The molecule has 1 fully saturated rings. The number of ether oxygens (including phenoxy) is 1. The monoisotopic (exact) mass is 352 g/mol. The van der Waals surface area contributed by atoms with Crippen LogP contribution in [0.15, 0.2) is 18.2 Å². The molecule has 1 saturated heterocycles. The zero-order valence-corrected chi connectivity index (χ0v) is 13.9. The van der Waals surface area contributed by atoms with E-state index in [1.807, 2.05) is 0 Å². The van der Waals surface area contributed by atoms with Crippen LogP contribution in [0.3, 0.4) is 0 Å². The third-order valence-electron chi connectivity index (χ3n) is 3.24. The Bertz CT molecular complexity index is 445. The maximum Gasteiger partial charge on any atom is 0.257 e. The maximum absolute atomic E-state index is 11.6. The molecular weight excluding hydrogens is 335 g/mol. The summed E-state index contributed by atoms with van der Waals surface area (Å²) in [4.78, 5) is 11.6. The highest BCUT2D eigenvalue weighted by atomic mass is 35.5. The Kier molecular flexibility index (Phi) is 8.19. The highest BCUT2D eigenvalue weighted by molar-refractivity contribution is 6.34. The summed E-state index contributed by atoms with van der Waals surface area (Å²) in [6.07, 6.45) is 2.19. The van der Waals surface area contributed by atoms with Crippen molar-refractivity contribution in [3.63, 3.8) is 0 Å². The van der Waals surface area contributed by atoms with Gasteiger partial charge in [0, 0.05) is 16.6 Å². The first-order valence-corrected chi connectivity index (χ1v) is 7.45. The number of benzene rings is 1. The zero-order valence-electron chi connectivity index (χ0n) is 11.5. The molecule has 7 heteroatoms. The fraction of sp³-hybridized carbons (Fsp3) is 0.500. The third-order valence-corrected chi connectivity index (χ3v) is 3.68. The summed E-state index contributed by atoms with van der Waals surface area (Å²) in [6, 6.07) is 4.88. The molecule has 2 rings (SSSR count). The second kappa shape index (κ2) is 9.36. The van der Waals surface area contributed by atoms with Gasteiger partial charge in [0.2, 0.25) is 0 Å². The Morgan fingerprint density at radius 2 is 2.05 bits per heavy atom. The molecule has 0 saturated carbocycles. The van der Waals surface area contributed by atoms with E-state index in [0.717, 1.165) is 19.5 Å². The first-order valence-electron chi connectivity index (χ1n) is 6.70. The van der Waals surface area contributed by atoms with Crippen LogP contribution in [0.2, 0.25) is 10.0 Å². The van der Waals surface area contributed by atoms with Crippen molar-refractivity contribution < 1.29 is 9.53 Å². The minimum Gasteiger partial charge on any atom is -0.484 e. The smallest absolute Gasteiger partial charge is 0.257 e. The standard InChI is InChI=1S/C14H18Cl2N2O2.ClH/c15-11-5-12(16)7-13(6-11)20-9-14(19)18-4-2-10-1-3-17-8-10;/h5-7,10,17H,1-4,8-9H2,(H,18,19);1H. The normalized spacial score (nSPS) is 17.1. The molecule has 21 heavy (non-hydrogen) atoms. The molecular formula is C14H19Cl3N2O2. The SMILES string of the molecule is Cl.O=C(COc1cc(Cl)cc(Cl)c1)NCCC1CCNC1. The molecule has 2 N–H and O–H groups in total. The topological polar surface area (TPSA) is 50.4 Å². The van der Waals surface area contributed by atoms with Crippen molar-refractivity contribution >= 4 is 41.5 Å². The van der Waals surface area contributed by atoms with Crippen molar-refractivity contribution in [1.82, 2.24) is 10.6 Å². The number of hydrogen-bond acceptors (Lipinski definition) is 3. The maximum atomic E-state index is 11.6. The summed E-state index contributed by atoms with van der Waals surface area (Å²) < 4.78 is 5.36. The van der Waals surface area contributed by atoms with Gasteiger partial charge in [-0.1, -0.05) is 23.2 Å². The molecule has 1 aliphatic heterocycles. The summed E-state index contributed by atoms with van der Waals surface area (Å²) in [7, 11) is 0. The summed E-state index contributed by atoms with van der Waals surface area (Å²) >= 11 is 11.7. The molecule has 1 aromatic carbocycles. The Morgan fingerprint density at radius 1 is 1.33 bits per heavy atom. The van der Waals surface area contributed by atoms with E-state index in [-0.39, 0.29) is 24.9 Å². The minimum absolute atomic E-state index is 0. The van der Waals surface area contributed by atoms with Crippen LogP contribution in [0.25, 0.3) is 0 Å². The van der Waals surface area contributed by atoms with E-state index in [4.69, 9.17) is 27.9 Å². The fourth-order valence-corrected chi connectivity index (χ4v) is 2.69. The van der Waals surface area contributed by atoms with Crippen molar-refractivity contribution in [1.29, 1.82) is 0 Å². The van der Waals surface area contributed by atoms with E-state index in [2.05, 4.69) is 10.6 Å². The van der Waals surface area contributed by atoms with E-state index < -0.39 is 0 Å². The molecule has 1 aromatic rings. The molecule has 1 heterocycles. The minimum atomic E-state index is -0.132. The van der Waals surface area contributed by atoms with Crippen molar-refractivity contribution in [2.24, 2.45) is 5.92 Å². The number of nitrogens with one attached hydrogen (secondary N) is 2. The summed E-state index contributed by atoms with van der Waals surface area (Å²) in [5, 5.41) is 7.13. The average molecular weight is 354 g/mol. The third kappa shape index (κ3) is 6.74. The summed E-state index contributed by atoms with van der Waals surface area (Å²) in [5.41, 5.74) is 0. The molecule has 0 aromatic heterocycles. The predicted molar refractivity (Wildman–Crippen MR) is 87.8 cm³/mol. The van der Waals surface area contributed by atoms with Gasteiger partial charge in [0.15, 0.2) is 6.61 Å². The van der Waals surface area contributed by atoms with Crippen LogP contribution >= 0.6 is 35.6 Å². The van der Waals surface area contributed by atoms with Crippen LogP contribution in [-0.2, 0) is 4.79 Å². The lowest BCUT2D eigenvalue weighted by atomic mass is 10.1. The van der Waals surface area contributed by atoms with Crippen LogP contribution in [0.1, 0.15) is 12.8 Å². The molecule has 1 aliphatic rings. The molecule has 0 aliphatic carbocycles. The summed E-state index contributed by atoms with van der Waals surface area (Å²) in [6.45, 7) is 2.79. The largest absolute Gasteiger partial charge is 0.484 e. The van der Waals surface area contributed by atoms with Crippen LogP contribution in [-0.4, -0.2) is 32.1 Å². The van der Waals surface area contributed by atoms with E-state index in [1.165, 1.54) is 6.42 Å². The highest BCUT2D eigenvalue weighted by Gasteiger charge is 2.14. The Balaban J connectivity index is 0.00000220. The quantitative estimate of drug-likeness (QED) is 0.827. The fourth-order valence-electron chi connectivity index (χ4n) is 2.19. The van der Waals surface area contributed by atoms with Crippen LogP contribution < -0.4 is 15.4 Å². The average Bonchev–Trinajstić information content (AvgIpc) is 2.88. The number of carbonyl (C=O) groups excluding carboxylic acids is 1. The van der Waals surface area contributed by atoms with Crippen molar-refractivity contribution in [2.75, 3.05) is 26.2 Å². The Labute approximate surface area is 140 Å². The van der Waals surface area contributed by atoms with Crippen LogP contribution in [0, 0.1) is 5.92 Å². The van der Waals surface area contributed by atoms with Crippen molar-refractivity contribution in [3.05, 3.63) is 28.2 Å². The van der Waals surface area contributed by atoms with Gasteiger partial charge in [-0.25, -0.2) is 0 Å². The molecule has 4 nitrogen and oxygen atoms in total. The zero-order chi connectivity index (χ0) is 14.4. The predicted octanol–water partition coefficient (Wildman–Crippen LogP) is 2.91. The van der Waals surface area contributed by atoms with Crippen molar-refractivity contribution in [2.45, 2.75) is 12.8 Å². The molecule has 0 radical (unpaired) electrons. The van der Waals surface area contributed by atoms with Crippen LogP contribution in [0.5, 0.6) is 5.75 Å². The second-order valence-corrected chi connectivity index (χ2v) is 5.76. The van der Waals surface area contributed by atoms with E-state index in [0.29, 0.717) is 28.3 Å². The number of rotatable bonds is 6. The molecule has 1 unspecified atom stereocenters.